The normalized spacial score (nSPS) is 12.5. The van der Waals surface area contributed by atoms with Crippen LogP contribution >= 0.6 is 0 Å². The molecule has 2 aromatic rings. The molecule has 2 aromatic carbocycles. The largest absolute Gasteiger partial charge is 0.297 e. The van der Waals surface area contributed by atoms with Crippen molar-refractivity contribution < 1.29 is 4.79 Å². The van der Waals surface area contributed by atoms with Crippen molar-refractivity contribution in [3.63, 3.8) is 0 Å². The molecule has 0 aliphatic carbocycles. The van der Waals surface area contributed by atoms with Crippen LogP contribution in [0, 0.1) is 0 Å². The molecule has 0 saturated heterocycles. The van der Waals surface area contributed by atoms with Gasteiger partial charge in [-0.3, -0.25) is 4.79 Å². The van der Waals surface area contributed by atoms with E-state index in [-0.39, 0.29) is 5.78 Å². The number of benzene rings is 2. The molecule has 0 N–H and O–H groups in total. The van der Waals surface area contributed by atoms with E-state index in [9.17, 15) is 4.79 Å². The van der Waals surface area contributed by atoms with E-state index in [1.165, 1.54) is 0 Å². The molecule has 0 saturated carbocycles. The standard InChI is InChI=1S/C16H16N2O/c1-13(17-18-15-10-6-3-7-11-15)16(19)12-14-8-4-2-5-9-14/h2-11,13H,12H2,1H3. The van der Waals surface area contributed by atoms with Crippen LogP contribution in [0.25, 0.3) is 0 Å². The van der Waals surface area contributed by atoms with Gasteiger partial charge in [0.15, 0.2) is 5.78 Å². The Morgan fingerprint density at radius 1 is 1.00 bits per heavy atom. The van der Waals surface area contributed by atoms with E-state index in [2.05, 4.69) is 10.2 Å². The molecule has 0 aromatic heterocycles. The Morgan fingerprint density at radius 3 is 2.21 bits per heavy atom. The van der Waals surface area contributed by atoms with Gasteiger partial charge in [0, 0.05) is 6.42 Å². The first-order chi connectivity index (χ1) is 9.25. The van der Waals surface area contributed by atoms with E-state index in [1.807, 2.05) is 60.7 Å². The second-order valence-electron chi connectivity index (χ2n) is 4.36. The van der Waals surface area contributed by atoms with Gasteiger partial charge in [-0.05, 0) is 24.6 Å². The highest BCUT2D eigenvalue weighted by Crippen LogP contribution is 2.12. The average molecular weight is 252 g/mol. The fraction of sp³-hybridized carbons (Fsp3) is 0.188. The Bertz CT molecular complexity index is 549. The Morgan fingerprint density at radius 2 is 1.58 bits per heavy atom. The summed E-state index contributed by atoms with van der Waals surface area (Å²) in [4.78, 5) is 12.0. The number of azo groups is 1. The van der Waals surface area contributed by atoms with Crippen molar-refractivity contribution >= 4 is 11.5 Å². The van der Waals surface area contributed by atoms with Gasteiger partial charge >= 0.3 is 0 Å². The molecule has 3 nitrogen and oxygen atoms in total. The lowest BCUT2D eigenvalue weighted by Crippen LogP contribution is -2.16. The molecule has 0 fully saturated rings. The molecule has 96 valence electrons. The fourth-order valence-electron chi connectivity index (χ4n) is 1.66. The Kier molecular flexibility index (Phi) is 4.56. The minimum atomic E-state index is -0.416. The van der Waals surface area contributed by atoms with Crippen molar-refractivity contribution in [2.45, 2.75) is 19.4 Å². The first kappa shape index (κ1) is 13.1. The van der Waals surface area contributed by atoms with Crippen molar-refractivity contribution in [3.05, 3.63) is 66.2 Å². The number of hydrogen-bond donors (Lipinski definition) is 0. The number of carbonyl (C=O) groups is 1. The van der Waals surface area contributed by atoms with E-state index in [1.54, 1.807) is 6.92 Å². The van der Waals surface area contributed by atoms with E-state index >= 15 is 0 Å². The smallest absolute Gasteiger partial charge is 0.163 e. The molecule has 3 heteroatoms. The molecule has 0 spiro atoms. The highest BCUT2D eigenvalue weighted by atomic mass is 16.1. The molecule has 1 atom stereocenters. The van der Waals surface area contributed by atoms with Crippen molar-refractivity contribution in [1.82, 2.24) is 0 Å². The van der Waals surface area contributed by atoms with Gasteiger partial charge in [0.2, 0.25) is 0 Å². The third-order valence-corrected chi connectivity index (χ3v) is 2.79. The zero-order valence-electron chi connectivity index (χ0n) is 10.9. The summed E-state index contributed by atoms with van der Waals surface area (Å²) in [7, 11) is 0. The van der Waals surface area contributed by atoms with E-state index in [0.29, 0.717) is 6.42 Å². The summed E-state index contributed by atoms with van der Waals surface area (Å²) in [6, 6.07) is 18.7. The number of nitrogens with zero attached hydrogens (tertiary/aromatic N) is 2. The molecule has 0 heterocycles. The zero-order chi connectivity index (χ0) is 13.5. The third kappa shape index (κ3) is 4.14. The SMILES string of the molecule is CC(N=Nc1ccccc1)C(=O)Cc1ccccc1. The van der Waals surface area contributed by atoms with Gasteiger partial charge in [-0.1, -0.05) is 48.5 Å². The predicted molar refractivity (Wildman–Crippen MR) is 75.6 cm³/mol. The van der Waals surface area contributed by atoms with Crippen LogP contribution < -0.4 is 0 Å². The zero-order valence-corrected chi connectivity index (χ0v) is 10.9. The first-order valence-corrected chi connectivity index (χ1v) is 6.28. The summed E-state index contributed by atoms with van der Waals surface area (Å²) in [6.45, 7) is 1.78. The maximum absolute atomic E-state index is 12.0. The number of Topliss-reactive ketones (excluding diaryl/α,β-unsaturated/α-hetero) is 1. The van der Waals surface area contributed by atoms with Crippen molar-refractivity contribution in [1.29, 1.82) is 0 Å². The van der Waals surface area contributed by atoms with Crippen LogP contribution in [0.15, 0.2) is 70.9 Å². The van der Waals surface area contributed by atoms with Gasteiger partial charge in [0.05, 0.1) is 5.69 Å². The van der Waals surface area contributed by atoms with E-state index in [4.69, 9.17) is 0 Å². The summed E-state index contributed by atoms with van der Waals surface area (Å²) in [5, 5.41) is 8.14. The average Bonchev–Trinajstić information content (AvgIpc) is 2.47. The van der Waals surface area contributed by atoms with Crippen LogP contribution in [-0.2, 0) is 11.2 Å². The molecule has 0 aliphatic heterocycles. The summed E-state index contributed by atoms with van der Waals surface area (Å²) < 4.78 is 0. The minimum Gasteiger partial charge on any atom is -0.297 e. The maximum Gasteiger partial charge on any atom is 0.163 e. The van der Waals surface area contributed by atoms with Gasteiger partial charge in [-0.25, -0.2) is 0 Å². The maximum atomic E-state index is 12.0. The van der Waals surface area contributed by atoms with Crippen LogP contribution in [0.4, 0.5) is 5.69 Å². The summed E-state index contributed by atoms with van der Waals surface area (Å²) in [6.07, 6.45) is 0.399. The van der Waals surface area contributed by atoms with Crippen molar-refractivity contribution in [2.24, 2.45) is 10.2 Å². The summed E-state index contributed by atoms with van der Waals surface area (Å²) in [5.74, 6) is 0.0749. The van der Waals surface area contributed by atoms with E-state index < -0.39 is 6.04 Å². The lowest BCUT2D eigenvalue weighted by molar-refractivity contribution is -0.119. The summed E-state index contributed by atoms with van der Waals surface area (Å²) in [5.41, 5.74) is 1.77. The predicted octanol–water partition coefficient (Wildman–Crippen LogP) is 3.97. The molecule has 0 bridgehead atoms. The molecular weight excluding hydrogens is 236 g/mol. The Hall–Kier alpha value is -2.29. The molecule has 0 radical (unpaired) electrons. The lowest BCUT2D eigenvalue weighted by Gasteiger charge is -2.04. The topological polar surface area (TPSA) is 41.8 Å². The van der Waals surface area contributed by atoms with Crippen LogP contribution in [0.5, 0.6) is 0 Å². The quantitative estimate of drug-likeness (QED) is 0.742. The van der Waals surface area contributed by atoms with Gasteiger partial charge in [-0.15, -0.1) is 0 Å². The number of ketones is 1. The second kappa shape index (κ2) is 6.59. The van der Waals surface area contributed by atoms with E-state index in [0.717, 1.165) is 11.3 Å². The van der Waals surface area contributed by atoms with Crippen LogP contribution in [0.1, 0.15) is 12.5 Å². The molecule has 1 unspecified atom stereocenters. The monoisotopic (exact) mass is 252 g/mol. The molecule has 0 amide bonds. The van der Waals surface area contributed by atoms with Crippen LogP contribution in [-0.4, -0.2) is 11.8 Å². The van der Waals surface area contributed by atoms with Gasteiger partial charge < -0.3 is 0 Å². The van der Waals surface area contributed by atoms with Crippen molar-refractivity contribution in [2.75, 3.05) is 0 Å². The summed E-state index contributed by atoms with van der Waals surface area (Å²) >= 11 is 0. The Labute approximate surface area is 113 Å². The van der Waals surface area contributed by atoms with Gasteiger partial charge in [0.25, 0.3) is 0 Å². The van der Waals surface area contributed by atoms with Crippen LogP contribution in [0.2, 0.25) is 0 Å². The van der Waals surface area contributed by atoms with Gasteiger partial charge in [0.1, 0.15) is 6.04 Å². The molecule has 19 heavy (non-hydrogen) atoms. The molecular formula is C16H16N2O. The highest BCUT2D eigenvalue weighted by molar-refractivity contribution is 5.85. The second-order valence-corrected chi connectivity index (χ2v) is 4.36. The number of carbonyl (C=O) groups excluding carboxylic acids is 1. The Balaban J connectivity index is 1.95. The number of hydrogen-bond acceptors (Lipinski definition) is 3. The minimum absolute atomic E-state index is 0.0749. The molecule has 0 aliphatic rings. The van der Waals surface area contributed by atoms with Crippen molar-refractivity contribution in [3.8, 4) is 0 Å². The highest BCUT2D eigenvalue weighted by Gasteiger charge is 2.12. The van der Waals surface area contributed by atoms with Crippen LogP contribution in [0.3, 0.4) is 0 Å². The lowest BCUT2D eigenvalue weighted by atomic mass is 10.1. The molecule has 2 rings (SSSR count). The fourth-order valence-corrected chi connectivity index (χ4v) is 1.66. The first-order valence-electron chi connectivity index (χ1n) is 6.28. The van der Waals surface area contributed by atoms with Gasteiger partial charge in [-0.2, -0.15) is 10.2 Å². The number of rotatable bonds is 5. The third-order valence-electron chi connectivity index (χ3n) is 2.79.